The Morgan fingerprint density at radius 1 is 1.18 bits per heavy atom. The van der Waals surface area contributed by atoms with Crippen LogP contribution in [0.15, 0.2) is 70.4 Å². The van der Waals surface area contributed by atoms with Crippen LogP contribution < -0.4 is 10.6 Å². The molecular weight excluding hydrogens is 446 g/mol. The monoisotopic (exact) mass is 471 g/mol. The Bertz CT molecular complexity index is 1290. The molecule has 1 amide bonds. The number of allylic oxidation sites excluding steroid dienone is 3. The van der Waals surface area contributed by atoms with Gasteiger partial charge in [-0.25, -0.2) is 0 Å². The summed E-state index contributed by atoms with van der Waals surface area (Å²) in [4.78, 5) is 37.2. The van der Waals surface area contributed by atoms with Crippen LogP contribution in [0, 0.1) is 18.3 Å². The maximum Gasteiger partial charge on any atom is 0.234 e. The van der Waals surface area contributed by atoms with Crippen molar-refractivity contribution >= 4 is 34.9 Å². The van der Waals surface area contributed by atoms with Gasteiger partial charge in [0.15, 0.2) is 11.6 Å². The van der Waals surface area contributed by atoms with Crippen molar-refractivity contribution in [2.24, 2.45) is 0 Å². The minimum Gasteiger partial charge on any atom is -0.352 e. The van der Waals surface area contributed by atoms with Gasteiger partial charge >= 0.3 is 0 Å². The fraction of sp³-hybridized carbons (Fsp3) is 0.259. The second kappa shape index (κ2) is 10.1. The summed E-state index contributed by atoms with van der Waals surface area (Å²) >= 11 is 1.25. The summed E-state index contributed by atoms with van der Waals surface area (Å²) in [5.74, 6) is -0.609. The van der Waals surface area contributed by atoms with Gasteiger partial charge in [0.25, 0.3) is 0 Å². The zero-order valence-electron chi connectivity index (χ0n) is 19.1. The standard InChI is InChI=1S/C27H25N3O3S/c1-16-7-3-4-10-20(16)25-21(14-28)27(30-22-11-6-12-23(32)26(22)25)34-15-24(33)29-19-9-5-8-18(13-19)17(2)31/h3-5,7-10,13,25,30H,6,11-12,15H2,1-2H3,(H,29,33)/t25-/m0/s1. The molecule has 2 N–H and O–H groups in total. The number of nitrogens with one attached hydrogen (secondary N) is 2. The van der Waals surface area contributed by atoms with Crippen molar-refractivity contribution in [2.75, 3.05) is 11.1 Å². The predicted molar refractivity (Wildman–Crippen MR) is 133 cm³/mol. The number of dihydropyridines is 1. The smallest absolute Gasteiger partial charge is 0.234 e. The Labute approximate surface area is 203 Å². The summed E-state index contributed by atoms with van der Waals surface area (Å²) in [6.07, 6.45) is 1.97. The van der Waals surface area contributed by atoms with Crippen LogP contribution in [0.25, 0.3) is 0 Å². The van der Waals surface area contributed by atoms with Crippen LogP contribution >= 0.6 is 11.8 Å². The van der Waals surface area contributed by atoms with Gasteiger partial charge in [-0.1, -0.05) is 48.2 Å². The average Bonchev–Trinajstić information content (AvgIpc) is 2.82. The Kier molecular flexibility index (Phi) is 6.99. The molecule has 2 aromatic carbocycles. The Balaban J connectivity index is 1.60. The number of anilines is 1. The van der Waals surface area contributed by atoms with E-state index in [1.54, 1.807) is 24.3 Å². The SMILES string of the molecule is CC(=O)c1cccc(NC(=O)CSC2=C(C#N)[C@H](c3ccccc3C)C3=C(CCCC3=O)N2)c1. The minimum atomic E-state index is -0.437. The largest absolute Gasteiger partial charge is 0.352 e. The summed E-state index contributed by atoms with van der Waals surface area (Å²) in [5.41, 5.74) is 5.00. The third-order valence-corrected chi connectivity index (χ3v) is 7.08. The number of carbonyl (C=O) groups excluding carboxylic acids is 3. The van der Waals surface area contributed by atoms with E-state index in [1.807, 2.05) is 31.2 Å². The number of nitrogens with zero attached hydrogens (tertiary/aromatic N) is 1. The number of rotatable bonds is 6. The maximum absolute atomic E-state index is 12.9. The normalized spacial score (nSPS) is 17.6. The zero-order valence-corrected chi connectivity index (χ0v) is 19.9. The van der Waals surface area contributed by atoms with Crippen molar-refractivity contribution in [3.05, 3.63) is 87.1 Å². The molecule has 0 saturated heterocycles. The molecule has 0 saturated carbocycles. The number of amides is 1. The lowest BCUT2D eigenvalue weighted by Gasteiger charge is -2.33. The molecule has 0 radical (unpaired) electrons. The van der Waals surface area contributed by atoms with Gasteiger partial charge in [-0.2, -0.15) is 5.26 Å². The number of benzene rings is 2. The molecule has 1 atom stereocenters. The van der Waals surface area contributed by atoms with Crippen molar-refractivity contribution in [3.63, 3.8) is 0 Å². The van der Waals surface area contributed by atoms with E-state index in [-0.39, 0.29) is 23.2 Å². The molecule has 1 heterocycles. The third kappa shape index (κ3) is 4.82. The number of thioether (sulfide) groups is 1. The second-order valence-corrected chi connectivity index (χ2v) is 9.40. The summed E-state index contributed by atoms with van der Waals surface area (Å²) < 4.78 is 0. The molecule has 7 heteroatoms. The van der Waals surface area contributed by atoms with Gasteiger partial charge < -0.3 is 10.6 Å². The fourth-order valence-corrected chi connectivity index (χ4v) is 5.27. The number of hydrogen-bond donors (Lipinski definition) is 2. The fourth-order valence-electron chi connectivity index (χ4n) is 4.41. The highest BCUT2D eigenvalue weighted by Crippen LogP contribution is 2.44. The lowest BCUT2D eigenvalue weighted by Crippen LogP contribution is -2.32. The number of carbonyl (C=O) groups is 3. The van der Waals surface area contributed by atoms with Crippen molar-refractivity contribution in [3.8, 4) is 6.07 Å². The minimum absolute atomic E-state index is 0.0712. The summed E-state index contributed by atoms with van der Waals surface area (Å²) in [6.45, 7) is 3.46. The van der Waals surface area contributed by atoms with Crippen molar-refractivity contribution in [1.82, 2.24) is 5.32 Å². The number of ketones is 2. The number of nitriles is 1. The quantitative estimate of drug-likeness (QED) is 0.576. The summed E-state index contributed by atoms with van der Waals surface area (Å²) in [6, 6.07) is 16.9. The molecule has 0 spiro atoms. The Hall–Kier alpha value is -3.63. The lowest BCUT2D eigenvalue weighted by atomic mass is 9.76. The van der Waals surface area contributed by atoms with Crippen LogP contribution in [-0.4, -0.2) is 23.2 Å². The van der Waals surface area contributed by atoms with Crippen LogP contribution in [-0.2, 0) is 9.59 Å². The van der Waals surface area contributed by atoms with E-state index in [0.29, 0.717) is 33.8 Å². The predicted octanol–water partition coefficient (Wildman–Crippen LogP) is 5.00. The Morgan fingerprint density at radius 2 is 1.97 bits per heavy atom. The van der Waals surface area contributed by atoms with Gasteiger partial charge in [0.1, 0.15) is 0 Å². The van der Waals surface area contributed by atoms with Gasteiger partial charge in [0.2, 0.25) is 5.91 Å². The van der Waals surface area contributed by atoms with Gasteiger partial charge in [-0.05, 0) is 49.9 Å². The van der Waals surface area contributed by atoms with Gasteiger partial charge in [0.05, 0.1) is 28.3 Å². The van der Waals surface area contributed by atoms with Crippen LogP contribution in [0.3, 0.4) is 0 Å². The first-order valence-electron chi connectivity index (χ1n) is 11.2. The van der Waals surface area contributed by atoms with Crippen LogP contribution in [0.4, 0.5) is 5.69 Å². The first-order valence-corrected chi connectivity index (χ1v) is 12.1. The highest BCUT2D eigenvalue weighted by Gasteiger charge is 2.37. The molecule has 1 aliphatic heterocycles. The van der Waals surface area contributed by atoms with Crippen LogP contribution in [0.5, 0.6) is 0 Å². The maximum atomic E-state index is 12.9. The molecule has 2 aliphatic rings. The molecule has 34 heavy (non-hydrogen) atoms. The highest BCUT2D eigenvalue weighted by molar-refractivity contribution is 8.03. The molecule has 0 aromatic heterocycles. The molecular formula is C27H25N3O3S. The van der Waals surface area contributed by atoms with Crippen LogP contribution in [0.2, 0.25) is 0 Å². The van der Waals surface area contributed by atoms with Gasteiger partial charge in [0, 0.05) is 28.9 Å². The first-order chi connectivity index (χ1) is 16.4. The van der Waals surface area contributed by atoms with E-state index >= 15 is 0 Å². The highest BCUT2D eigenvalue weighted by atomic mass is 32.2. The van der Waals surface area contributed by atoms with E-state index in [9.17, 15) is 19.6 Å². The van der Waals surface area contributed by atoms with Crippen LogP contribution in [0.1, 0.15) is 53.6 Å². The van der Waals surface area contributed by atoms with Gasteiger partial charge in [-0.15, -0.1) is 0 Å². The average molecular weight is 472 g/mol. The lowest BCUT2D eigenvalue weighted by molar-refractivity contribution is -0.116. The molecule has 0 unspecified atom stereocenters. The molecule has 0 fully saturated rings. The topological polar surface area (TPSA) is 99.1 Å². The first kappa shape index (κ1) is 23.5. The van der Waals surface area contributed by atoms with E-state index in [1.165, 1.54) is 18.7 Å². The van der Waals surface area contributed by atoms with E-state index < -0.39 is 5.92 Å². The molecule has 4 rings (SSSR count). The van der Waals surface area contributed by atoms with Gasteiger partial charge in [-0.3, -0.25) is 14.4 Å². The van der Waals surface area contributed by atoms with E-state index in [0.717, 1.165) is 29.7 Å². The Morgan fingerprint density at radius 3 is 2.71 bits per heavy atom. The second-order valence-electron chi connectivity index (χ2n) is 8.41. The number of aryl methyl sites for hydroxylation is 1. The van der Waals surface area contributed by atoms with Crippen molar-refractivity contribution in [1.29, 1.82) is 5.26 Å². The van der Waals surface area contributed by atoms with E-state index in [2.05, 4.69) is 16.7 Å². The van der Waals surface area contributed by atoms with Crippen molar-refractivity contribution < 1.29 is 14.4 Å². The summed E-state index contributed by atoms with van der Waals surface area (Å²) in [5, 5.41) is 16.8. The molecule has 1 aliphatic carbocycles. The summed E-state index contributed by atoms with van der Waals surface area (Å²) in [7, 11) is 0. The molecule has 0 bridgehead atoms. The van der Waals surface area contributed by atoms with E-state index in [4.69, 9.17) is 0 Å². The molecule has 2 aromatic rings. The van der Waals surface area contributed by atoms with Crippen molar-refractivity contribution in [2.45, 2.75) is 39.0 Å². The third-order valence-electron chi connectivity index (χ3n) is 6.06. The zero-order chi connectivity index (χ0) is 24.2. The molecule has 6 nitrogen and oxygen atoms in total. The number of hydrogen-bond acceptors (Lipinski definition) is 6. The number of Topliss-reactive ketones (excluding diaryl/α,β-unsaturated/α-hetero) is 2. The molecule has 172 valence electrons.